The number of carbonyl (C=O) groups excluding carboxylic acids is 2. The van der Waals surface area contributed by atoms with Gasteiger partial charge in [0.25, 0.3) is 0 Å². The minimum atomic E-state index is -0.233. The SMILES string of the molecule is C[C@@H](NC(=O)CN1CCCC[C@@H]1CNC(=O)Nc1ccccc1)c1ccccc1Cl. The van der Waals surface area contributed by atoms with Crippen LogP contribution in [0.15, 0.2) is 54.6 Å². The number of rotatable bonds is 7. The van der Waals surface area contributed by atoms with Gasteiger partial charge in [-0.05, 0) is 50.1 Å². The average Bonchev–Trinajstić information content (AvgIpc) is 2.74. The number of urea groups is 1. The number of piperidine rings is 1. The number of halogens is 1. The Morgan fingerprint density at radius 2 is 1.83 bits per heavy atom. The molecule has 0 radical (unpaired) electrons. The van der Waals surface area contributed by atoms with E-state index in [9.17, 15) is 9.59 Å². The molecule has 2 aromatic rings. The van der Waals surface area contributed by atoms with Crippen molar-refractivity contribution in [3.63, 3.8) is 0 Å². The number of hydrogen-bond donors (Lipinski definition) is 3. The third-order valence-electron chi connectivity index (χ3n) is 5.37. The third kappa shape index (κ3) is 6.47. The second-order valence-corrected chi connectivity index (χ2v) is 8.04. The van der Waals surface area contributed by atoms with Crippen molar-refractivity contribution in [2.75, 3.05) is 25.0 Å². The van der Waals surface area contributed by atoms with Crippen molar-refractivity contribution in [1.82, 2.24) is 15.5 Å². The molecule has 0 unspecified atom stereocenters. The van der Waals surface area contributed by atoms with Gasteiger partial charge in [0.1, 0.15) is 0 Å². The lowest BCUT2D eigenvalue weighted by Crippen LogP contribution is -2.50. The van der Waals surface area contributed by atoms with Crippen molar-refractivity contribution in [2.24, 2.45) is 0 Å². The Bertz CT molecular complexity index is 846. The zero-order valence-electron chi connectivity index (χ0n) is 17.2. The van der Waals surface area contributed by atoms with Gasteiger partial charge in [0.2, 0.25) is 5.91 Å². The number of nitrogens with one attached hydrogen (secondary N) is 3. The second-order valence-electron chi connectivity index (χ2n) is 7.63. The molecule has 2 aromatic carbocycles. The van der Waals surface area contributed by atoms with Crippen LogP contribution in [0.5, 0.6) is 0 Å². The molecule has 3 N–H and O–H groups in total. The summed E-state index contributed by atoms with van der Waals surface area (Å²) in [6.07, 6.45) is 3.11. The number of likely N-dealkylation sites (tertiary alicyclic amines) is 1. The van der Waals surface area contributed by atoms with Gasteiger partial charge in [-0.2, -0.15) is 0 Å². The molecule has 3 rings (SSSR count). The van der Waals surface area contributed by atoms with Crippen LogP contribution in [0.2, 0.25) is 5.02 Å². The number of hydrogen-bond acceptors (Lipinski definition) is 3. The van der Waals surface area contributed by atoms with E-state index in [1.807, 2.05) is 61.5 Å². The molecule has 1 saturated heterocycles. The number of amides is 3. The van der Waals surface area contributed by atoms with Gasteiger partial charge in [0.15, 0.2) is 0 Å². The Labute approximate surface area is 183 Å². The van der Waals surface area contributed by atoms with Crippen LogP contribution < -0.4 is 16.0 Å². The first-order valence-corrected chi connectivity index (χ1v) is 10.8. The van der Waals surface area contributed by atoms with Crippen LogP contribution >= 0.6 is 11.6 Å². The summed E-state index contributed by atoms with van der Waals surface area (Å²) in [7, 11) is 0. The molecule has 6 nitrogen and oxygen atoms in total. The molecule has 0 aromatic heterocycles. The summed E-state index contributed by atoms with van der Waals surface area (Å²) in [5, 5.41) is 9.45. The van der Waals surface area contributed by atoms with Gasteiger partial charge in [-0.3, -0.25) is 9.69 Å². The van der Waals surface area contributed by atoms with Crippen LogP contribution in [0.4, 0.5) is 10.5 Å². The highest BCUT2D eigenvalue weighted by atomic mass is 35.5. The van der Waals surface area contributed by atoms with Crippen molar-refractivity contribution in [3.8, 4) is 0 Å². The molecule has 1 aliphatic rings. The fraction of sp³-hybridized carbons (Fsp3) is 0.391. The van der Waals surface area contributed by atoms with Crippen molar-refractivity contribution < 1.29 is 9.59 Å². The zero-order valence-corrected chi connectivity index (χ0v) is 18.0. The van der Waals surface area contributed by atoms with Crippen LogP contribution in [0, 0.1) is 0 Å². The highest BCUT2D eigenvalue weighted by Crippen LogP contribution is 2.22. The molecular weight excluding hydrogens is 400 g/mol. The molecule has 160 valence electrons. The van der Waals surface area contributed by atoms with E-state index >= 15 is 0 Å². The molecular formula is C23H29ClN4O2. The lowest BCUT2D eigenvalue weighted by atomic mass is 10.0. The van der Waals surface area contributed by atoms with E-state index in [2.05, 4.69) is 20.9 Å². The number of carbonyl (C=O) groups is 2. The van der Waals surface area contributed by atoms with Crippen LogP contribution in [0.3, 0.4) is 0 Å². The first kappa shape index (κ1) is 22.1. The van der Waals surface area contributed by atoms with Gasteiger partial charge in [-0.25, -0.2) is 4.79 Å². The quantitative estimate of drug-likeness (QED) is 0.619. The van der Waals surface area contributed by atoms with E-state index in [0.29, 0.717) is 18.1 Å². The molecule has 1 heterocycles. The van der Waals surface area contributed by atoms with Gasteiger partial charge in [-0.1, -0.05) is 54.4 Å². The standard InChI is InChI=1S/C23H29ClN4O2/c1-17(20-12-5-6-13-21(20)24)26-22(29)16-28-14-8-7-11-19(28)15-25-23(30)27-18-9-3-2-4-10-18/h2-6,9-10,12-13,17,19H,7-8,11,14-16H2,1H3,(H,26,29)(H2,25,27,30)/t17-,19-/m1/s1. The van der Waals surface area contributed by atoms with Crippen molar-refractivity contribution in [2.45, 2.75) is 38.3 Å². The maximum Gasteiger partial charge on any atom is 0.319 e. The molecule has 0 saturated carbocycles. The van der Waals surface area contributed by atoms with E-state index in [4.69, 9.17) is 11.6 Å². The first-order valence-electron chi connectivity index (χ1n) is 10.4. The third-order valence-corrected chi connectivity index (χ3v) is 5.72. The summed E-state index contributed by atoms with van der Waals surface area (Å²) < 4.78 is 0. The fourth-order valence-electron chi connectivity index (χ4n) is 3.78. The van der Waals surface area contributed by atoms with E-state index in [0.717, 1.165) is 37.1 Å². The van der Waals surface area contributed by atoms with Crippen LogP contribution in [-0.2, 0) is 4.79 Å². The van der Waals surface area contributed by atoms with Gasteiger partial charge in [0.05, 0.1) is 12.6 Å². The molecule has 3 amide bonds. The Kier molecular flexibility index (Phi) is 8.11. The fourth-order valence-corrected chi connectivity index (χ4v) is 4.08. The van der Waals surface area contributed by atoms with Crippen molar-refractivity contribution >= 4 is 29.2 Å². The summed E-state index contributed by atoms with van der Waals surface area (Å²) in [4.78, 5) is 27.0. The topological polar surface area (TPSA) is 73.5 Å². The highest BCUT2D eigenvalue weighted by molar-refractivity contribution is 6.31. The monoisotopic (exact) mass is 428 g/mol. The smallest absolute Gasteiger partial charge is 0.319 e. The normalized spacial score (nSPS) is 17.7. The number of nitrogens with zero attached hydrogens (tertiary/aromatic N) is 1. The minimum absolute atomic E-state index is 0.0388. The van der Waals surface area contributed by atoms with E-state index in [1.54, 1.807) is 0 Å². The van der Waals surface area contributed by atoms with E-state index in [-0.39, 0.29) is 24.0 Å². The number of para-hydroxylation sites is 1. The van der Waals surface area contributed by atoms with Gasteiger partial charge >= 0.3 is 6.03 Å². The van der Waals surface area contributed by atoms with Crippen molar-refractivity contribution in [3.05, 3.63) is 65.2 Å². The van der Waals surface area contributed by atoms with Gasteiger partial charge < -0.3 is 16.0 Å². The zero-order chi connectivity index (χ0) is 21.3. The predicted molar refractivity (Wildman–Crippen MR) is 121 cm³/mol. The maximum atomic E-state index is 12.6. The lowest BCUT2D eigenvalue weighted by molar-refractivity contribution is -0.123. The molecule has 0 bridgehead atoms. The summed E-state index contributed by atoms with van der Waals surface area (Å²) in [5.41, 5.74) is 1.66. The summed E-state index contributed by atoms with van der Waals surface area (Å²) in [6, 6.07) is 16.6. The minimum Gasteiger partial charge on any atom is -0.348 e. The summed E-state index contributed by atoms with van der Waals surface area (Å²) in [5.74, 6) is -0.0388. The predicted octanol–water partition coefficient (Wildman–Crippen LogP) is 4.19. The van der Waals surface area contributed by atoms with Crippen molar-refractivity contribution in [1.29, 1.82) is 0 Å². The summed E-state index contributed by atoms with van der Waals surface area (Å²) >= 11 is 6.24. The van der Waals surface area contributed by atoms with E-state index < -0.39 is 0 Å². The Morgan fingerprint density at radius 3 is 2.60 bits per heavy atom. The first-order chi connectivity index (χ1) is 14.5. The number of benzene rings is 2. The van der Waals surface area contributed by atoms with Gasteiger partial charge in [-0.15, -0.1) is 0 Å². The average molecular weight is 429 g/mol. The summed E-state index contributed by atoms with van der Waals surface area (Å²) in [6.45, 7) is 3.59. The molecule has 30 heavy (non-hydrogen) atoms. The van der Waals surface area contributed by atoms with Crippen LogP contribution in [-0.4, -0.2) is 42.5 Å². The maximum absolute atomic E-state index is 12.6. The Balaban J connectivity index is 1.49. The number of anilines is 1. The molecule has 0 spiro atoms. The van der Waals surface area contributed by atoms with Gasteiger partial charge in [0, 0.05) is 23.3 Å². The molecule has 1 fully saturated rings. The molecule has 1 aliphatic heterocycles. The lowest BCUT2D eigenvalue weighted by Gasteiger charge is -2.35. The molecule has 7 heteroatoms. The van der Waals surface area contributed by atoms with Crippen LogP contribution in [0.25, 0.3) is 0 Å². The van der Waals surface area contributed by atoms with Crippen LogP contribution in [0.1, 0.15) is 37.8 Å². The molecule has 0 aliphatic carbocycles. The molecule has 2 atom stereocenters. The Hall–Kier alpha value is -2.57. The Morgan fingerprint density at radius 1 is 1.10 bits per heavy atom. The van der Waals surface area contributed by atoms with E-state index in [1.165, 1.54) is 0 Å². The largest absolute Gasteiger partial charge is 0.348 e. The highest BCUT2D eigenvalue weighted by Gasteiger charge is 2.25. The second kappa shape index (κ2) is 11.0.